The summed E-state index contributed by atoms with van der Waals surface area (Å²) in [5.41, 5.74) is 1.31. The van der Waals surface area contributed by atoms with Gasteiger partial charge in [-0.1, -0.05) is 23.9 Å². The summed E-state index contributed by atoms with van der Waals surface area (Å²) in [7, 11) is 3.31. The van der Waals surface area contributed by atoms with Crippen LogP contribution >= 0.6 is 23.1 Å². The molecule has 0 saturated carbocycles. The van der Waals surface area contributed by atoms with Crippen LogP contribution < -0.4 is 15.4 Å². The molecule has 2 N–H and O–H groups in total. The number of para-hydroxylation sites is 1. The van der Waals surface area contributed by atoms with Gasteiger partial charge < -0.3 is 19.9 Å². The van der Waals surface area contributed by atoms with E-state index in [2.05, 4.69) is 25.8 Å². The molecule has 2 amide bonds. The number of nitrogens with one attached hydrogen (secondary N) is 2. The molecule has 0 aliphatic heterocycles. The van der Waals surface area contributed by atoms with Gasteiger partial charge in [-0.2, -0.15) is 0 Å². The molecule has 0 fully saturated rings. The molecule has 0 aliphatic rings. The quantitative estimate of drug-likeness (QED) is 0.512. The molecule has 11 heteroatoms. The van der Waals surface area contributed by atoms with Gasteiger partial charge in [0.25, 0.3) is 5.91 Å². The Morgan fingerprint density at radius 1 is 1.30 bits per heavy atom. The van der Waals surface area contributed by atoms with E-state index < -0.39 is 5.25 Å². The second-order valence-corrected chi connectivity index (χ2v) is 8.55. The fourth-order valence-corrected chi connectivity index (χ4v) is 4.04. The summed E-state index contributed by atoms with van der Waals surface area (Å²) < 4.78 is 6.97. The normalized spacial score (nSPS) is 11.7. The lowest BCUT2D eigenvalue weighted by Gasteiger charge is -2.11. The highest BCUT2D eigenvalue weighted by molar-refractivity contribution is 8.00. The zero-order valence-electron chi connectivity index (χ0n) is 17.0. The first-order chi connectivity index (χ1) is 14.4. The lowest BCUT2D eigenvalue weighted by Crippen LogP contribution is -2.25. The highest BCUT2D eigenvalue weighted by atomic mass is 32.2. The van der Waals surface area contributed by atoms with Crippen molar-refractivity contribution in [1.29, 1.82) is 0 Å². The minimum atomic E-state index is -0.395. The topological polar surface area (TPSA) is 111 Å². The van der Waals surface area contributed by atoms with Gasteiger partial charge in [-0.15, -0.1) is 21.5 Å². The summed E-state index contributed by atoms with van der Waals surface area (Å²) in [5.74, 6) is 0.642. The predicted octanol–water partition coefficient (Wildman–Crippen LogP) is 2.64. The molecule has 30 heavy (non-hydrogen) atoms. The summed E-state index contributed by atoms with van der Waals surface area (Å²) in [6, 6.07) is 6.99. The van der Waals surface area contributed by atoms with E-state index in [0.29, 0.717) is 27.4 Å². The van der Waals surface area contributed by atoms with Crippen molar-refractivity contribution in [2.24, 2.45) is 7.05 Å². The number of anilines is 1. The number of thioether (sulfide) groups is 1. The van der Waals surface area contributed by atoms with Crippen LogP contribution in [0, 0.1) is 6.92 Å². The summed E-state index contributed by atoms with van der Waals surface area (Å²) in [6.07, 6.45) is 0. The Morgan fingerprint density at radius 2 is 2.07 bits per heavy atom. The number of carbonyl (C=O) groups excluding carboxylic acids is 2. The van der Waals surface area contributed by atoms with E-state index in [0.717, 1.165) is 5.69 Å². The average Bonchev–Trinajstić information content (AvgIpc) is 3.31. The van der Waals surface area contributed by atoms with Crippen LogP contribution in [0.25, 0.3) is 0 Å². The Bertz CT molecular complexity index is 1050. The Morgan fingerprint density at radius 3 is 2.77 bits per heavy atom. The van der Waals surface area contributed by atoms with Crippen molar-refractivity contribution in [2.75, 3.05) is 12.4 Å². The Balaban J connectivity index is 1.58. The predicted molar refractivity (Wildman–Crippen MR) is 116 cm³/mol. The fourth-order valence-electron chi connectivity index (χ4n) is 2.52. The highest BCUT2D eigenvalue weighted by Gasteiger charge is 2.20. The maximum absolute atomic E-state index is 12.4. The molecular weight excluding hydrogens is 424 g/mol. The second kappa shape index (κ2) is 9.72. The first-order valence-corrected chi connectivity index (χ1v) is 10.8. The van der Waals surface area contributed by atoms with Gasteiger partial charge in [0, 0.05) is 12.4 Å². The van der Waals surface area contributed by atoms with Crippen molar-refractivity contribution >= 4 is 40.0 Å². The molecule has 0 saturated heterocycles. The van der Waals surface area contributed by atoms with E-state index in [1.165, 1.54) is 30.2 Å². The van der Waals surface area contributed by atoms with Crippen molar-refractivity contribution < 1.29 is 14.3 Å². The molecule has 0 unspecified atom stereocenters. The average molecular weight is 447 g/mol. The molecule has 9 nitrogen and oxygen atoms in total. The van der Waals surface area contributed by atoms with Crippen LogP contribution in [-0.4, -0.2) is 43.9 Å². The van der Waals surface area contributed by atoms with Crippen molar-refractivity contribution in [3.05, 3.63) is 46.7 Å². The smallest absolute Gasteiger partial charge is 0.255 e. The lowest BCUT2D eigenvalue weighted by molar-refractivity contribution is -0.115. The number of thiazole rings is 1. The van der Waals surface area contributed by atoms with E-state index in [1.54, 1.807) is 42.8 Å². The number of rotatable bonds is 8. The summed E-state index contributed by atoms with van der Waals surface area (Å²) in [6.45, 7) is 3.86. The van der Waals surface area contributed by atoms with Gasteiger partial charge in [0.15, 0.2) is 16.1 Å². The van der Waals surface area contributed by atoms with E-state index in [-0.39, 0.29) is 18.4 Å². The van der Waals surface area contributed by atoms with E-state index in [4.69, 9.17) is 4.74 Å². The molecular formula is C19H22N6O3S2. The number of benzene rings is 1. The zero-order chi connectivity index (χ0) is 21.7. The van der Waals surface area contributed by atoms with Crippen LogP contribution in [0.5, 0.6) is 5.75 Å². The zero-order valence-corrected chi connectivity index (χ0v) is 18.6. The SMILES string of the molecule is COc1ccccc1C(=O)NCc1nnc(S[C@@H](C)C(=O)Nc2nc(C)cs2)n1C. The summed E-state index contributed by atoms with van der Waals surface area (Å²) >= 11 is 2.67. The van der Waals surface area contributed by atoms with Crippen molar-refractivity contribution in [3.8, 4) is 5.75 Å². The highest BCUT2D eigenvalue weighted by Crippen LogP contribution is 2.24. The molecule has 0 spiro atoms. The first kappa shape index (κ1) is 21.8. The van der Waals surface area contributed by atoms with Crippen molar-refractivity contribution in [2.45, 2.75) is 30.8 Å². The summed E-state index contributed by atoms with van der Waals surface area (Å²) in [4.78, 5) is 29.1. The third-order valence-electron chi connectivity index (χ3n) is 4.18. The number of aryl methyl sites for hydroxylation is 1. The number of hydrogen-bond acceptors (Lipinski definition) is 8. The van der Waals surface area contributed by atoms with Gasteiger partial charge in [0.1, 0.15) is 5.75 Å². The third-order valence-corrected chi connectivity index (χ3v) is 6.19. The van der Waals surface area contributed by atoms with E-state index >= 15 is 0 Å². The van der Waals surface area contributed by atoms with Crippen LogP contribution in [0.3, 0.4) is 0 Å². The largest absolute Gasteiger partial charge is 0.496 e. The number of methoxy groups -OCH3 is 1. The van der Waals surface area contributed by atoms with Gasteiger partial charge in [-0.25, -0.2) is 4.98 Å². The van der Waals surface area contributed by atoms with Crippen LogP contribution in [-0.2, 0) is 18.4 Å². The third kappa shape index (κ3) is 5.16. The van der Waals surface area contributed by atoms with Gasteiger partial charge in [-0.3, -0.25) is 9.59 Å². The number of aromatic nitrogens is 4. The first-order valence-electron chi connectivity index (χ1n) is 9.08. The molecule has 2 aromatic heterocycles. The minimum Gasteiger partial charge on any atom is -0.496 e. The number of ether oxygens (including phenoxy) is 1. The molecule has 2 heterocycles. The van der Waals surface area contributed by atoms with Gasteiger partial charge >= 0.3 is 0 Å². The standard InChI is InChI=1S/C19H22N6O3S2/c1-11-10-29-18(21-11)22-16(26)12(2)30-19-24-23-15(25(19)3)9-20-17(27)13-7-5-6-8-14(13)28-4/h5-8,10,12H,9H2,1-4H3,(H,20,27)(H,21,22,26)/t12-/m0/s1. The Labute approximate surface area is 182 Å². The summed E-state index contributed by atoms with van der Waals surface area (Å²) in [5, 5.41) is 16.5. The maximum atomic E-state index is 12.4. The van der Waals surface area contributed by atoms with Crippen LogP contribution in [0.1, 0.15) is 28.8 Å². The fraction of sp³-hybridized carbons (Fsp3) is 0.316. The van der Waals surface area contributed by atoms with Crippen molar-refractivity contribution in [1.82, 2.24) is 25.1 Å². The molecule has 1 aromatic carbocycles. The van der Waals surface area contributed by atoms with Gasteiger partial charge in [0.05, 0.1) is 30.2 Å². The number of hydrogen-bond donors (Lipinski definition) is 2. The number of carbonyl (C=O) groups is 2. The van der Waals surface area contributed by atoms with Gasteiger partial charge in [0.2, 0.25) is 5.91 Å². The Kier molecular flexibility index (Phi) is 7.06. The van der Waals surface area contributed by atoms with Crippen molar-refractivity contribution in [3.63, 3.8) is 0 Å². The molecule has 158 valence electrons. The lowest BCUT2D eigenvalue weighted by atomic mass is 10.2. The number of amides is 2. The number of nitrogens with zero attached hydrogens (tertiary/aromatic N) is 4. The van der Waals surface area contributed by atoms with Crippen LogP contribution in [0.2, 0.25) is 0 Å². The van der Waals surface area contributed by atoms with Gasteiger partial charge in [-0.05, 0) is 26.0 Å². The van der Waals surface area contributed by atoms with E-state index in [9.17, 15) is 9.59 Å². The molecule has 0 radical (unpaired) electrons. The van der Waals surface area contributed by atoms with Crippen LogP contribution in [0.15, 0.2) is 34.8 Å². The molecule has 3 aromatic rings. The molecule has 0 aliphatic carbocycles. The maximum Gasteiger partial charge on any atom is 0.255 e. The molecule has 0 bridgehead atoms. The monoisotopic (exact) mass is 446 g/mol. The minimum absolute atomic E-state index is 0.164. The molecule has 3 rings (SSSR count). The Hall–Kier alpha value is -2.92. The van der Waals surface area contributed by atoms with E-state index in [1.807, 2.05) is 12.3 Å². The van der Waals surface area contributed by atoms with Crippen LogP contribution in [0.4, 0.5) is 5.13 Å². The molecule has 1 atom stereocenters. The second-order valence-electron chi connectivity index (χ2n) is 6.38.